The SMILES string of the molecule is Cc1ccc(CCNCc2ccc(-c3ccc4nc[nH]c4c3)cc2)cc1. The third kappa shape index (κ3) is 3.84. The van der Waals surface area contributed by atoms with Gasteiger partial charge in [0.1, 0.15) is 0 Å². The summed E-state index contributed by atoms with van der Waals surface area (Å²) in [6, 6.07) is 23.9. The molecule has 4 rings (SSSR count). The van der Waals surface area contributed by atoms with Crippen LogP contribution in [-0.2, 0) is 13.0 Å². The van der Waals surface area contributed by atoms with E-state index in [1.807, 2.05) is 0 Å². The van der Waals surface area contributed by atoms with E-state index in [9.17, 15) is 0 Å². The van der Waals surface area contributed by atoms with Crippen molar-refractivity contribution >= 4 is 11.0 Å². The smallest absolute Gasteiger partial charge is 0.0931 e. The maximum Gasteiger partial charge on any atom is 0.0931 e. The molecule has 0 radical (unpaired) electrons. The van der Waals surface area contributed by atoms with Gasteiger partial charge >= 0.3 is 0 Å². The average molecular weight is 341 g/mol. The van der Waals surface area contributed by atoms with E-state index >= 15 is 0 Å². The Labute approximate surface area is 154 Å². The molecule has 0 fully saturated rings. The van der Waals surface area contributed by atoms with Gasteiger partial charge < -0.3 is 10.3 Å². The normalized spacial score (nSPS) is 11.1. The summed E-state index contributed by atoms with van der Waals surface area (Å²) in [5.41, 5.74) is 8.51. The second-order valence-electron chi connectivity index (χ2n) is 6.74. The topological polar surface area (TPSA) is 40.7 Å². The molecule has 3 nitrogen and oxygen atoms in total. The third-order valence-electron chi connectivity index (χ3n) is 4.75. The van der Waals surface area contributed by atoms with E-state index in [0.717, 1.165) is 30.5 Å². The van der Waals surface area contributed by atoms with Crippen LogP contribution in [-0.4, -0.2) is 16.5 Å². The van der Waals surface area contributed by atoms with Crippen molar-refractivity contribution in [3.63, 3.8) is 0 Å². The van der Waals surface area contributed by atoms with Crippen LogP contribution >= 0.6 is 0 Å². The van der Waals surface area contributed by atoms with E-state index in [1.54, 1.807) is 6.33 Å². The van der Waals surface area contributed by atoms with Crippen LogP contribution in [0.3, 0.4) is 0 Å². The summed E-state index contributed by atoms with van der Waals surface area (Å²) >= 11 is 0. The minimum Gasteiger partial charge on any atom is -0.345 e. The Morgan fingerprint density at radius 1 is 0.846 bits per heavy atom. The van der Waals surface area contributed by atoms with Crippen LogP contribution in [0.2, 0.25) is 0 Å². The summed E-state index contributed by atoms with van der Waals surface area (Å²) in [7, 11) is 0. The van der Waals surface area contributed by atoms with Crippen molar-refractivity contribution in [3.8, 4) is 11.1 Å². The van der Waals surface area contributed by atoms with E-state index in [-0.39, 0.29) is 0 Å². The molecule has 3 aromatic carbocycles. The molecule has 26 heavy (non-hydrogen) atoms. The molecule has 3 heteroatoms. The molecule has 0 unspecified atom stereocenters. The molecule has 0 aliphatic carbocycles. The van der Waals surface area contributed by atoms with E-state index < -0.39 is 0 Å². The number of hydrogen-bond acceptors (Lipinski definition) is 2. The number of nitrogens with zero attached hydrogens (tertiary/aromatic N) is 1. The maximum atomic E-state index is 4.27. The van der Waals surface area contributed by atoms with Gasteiger partial charge in [-0.3, -0.25) is 0 Å². The van der Waals surface area contributed by atoms with E-state index in [1.165, 1.54) is 27.8 Å². The number of aromatic amines is 1. The Balaban J connectivity index is 1.33. The van der Waals surface area contributed by atoms with Crippen LogP contribution in [0.1, 0.15) is 16.7 Å². The van der Waals surface area contributed by atoms with Gasteiger partial charge in [-0.15, -0.1) is 0 Å². The molecule has 1 aromatic heterocycles. The predicted octanol–water partition coefficient (Wildman–Crippen LogP) is 4.87. The lowest BCUT2D eigenvalue weighted by atomic mass is 10.0. The number of benzene rings is 3. The van der Waals surface area contributed by atoms with Gasteiger partial charge in [0.2, 0.25) is 0 Å². The van der Waals surface area contributed by atoms with Crippen LogP contribution < -0.4 is 5.32 Å². The lowest BCUT2D eigenvalue weighted by Gasteiger charge is -2.07. The molecule has 0 atom stereocenters. The number of H-pyrrole nitrogens is 1. The summed E-state index contributed by atoms with van der Waals surface area (Å²) in [6.45, 7) is 4.01. The molecule has 0 spiro atoms. The highest BCUT2D eigenvalue weighted by Gasteiger charge is 2.02. The molecule has 130 valence electrons. The van der Waals surface area contributed by atoms with Gasteiger partial charge in [0.25, 0.3) is 0 Å². The van der Waals surface area contributed by atoms with Crippen molar-refractivity contribution < 1.29 is 0 Å². The van der Waals surface area contributed by atoms with Gasteiger partial charge in [-0.05, 0) is 54.3 Å². The Hall–Kier alpha value is -2.91. The van der Waals surface area contributed by atoms with Crippen molar-refractivity contribution in [1.29, 1.82) is 0 Å². The first-order valence-electron chi connectivity index (χ1n) is 9.07. The zero-order valence-corrected chi connectivity index (χ0v) is 15.0. The first-order valence-corrected chi connectivity index (χ1v) is 9.07. The number of rotatable bonds is 6. The van der Waals surface area contributed by atoms with Gasteiger partial charge in [0.05, 0.1) is 17.4 Å². The monoisotopic (exact) mass is 341 g/mol. The average Bonchev–Trinajstić information content (AvgIpc) is 3.15. The number of aromatic nitrogens is 2. The Kier molecular flexibility index (Phi) is 4.80. The highest BCUT2D eigenvalue weighted by Crippen LogP contribution is 2.23. The van der Waals surface area contributed by atoms with Crippen molar-refractivity contribution in [2.24, 2.45) is 0 Å². The quantitative estimate of drug-likeness (QED) is 0.491. The van der Waals surface area contributed by atoms with Crippen molar-refractivity contribution in [3.05, 3.63) is 89.7 Å². The molecular weight excluding hydrogens is 318 g/mol. The molecular formula is C23H23N3. The Morgan fingerprint density at radius 3 is 2.38 bits per heavy atom. The Morgan fingerprint density at radius 2 is 1.58 bits per heavy atom. The number of aryl methyl sites for hydroxylation is 1. The fraction of sp³-hybridized carbons (Fsp3) is 0.174. The van der Waals surface area contributed by atoms with Crippen molar-refractivity contribution in [1.82, 2.24) is 15.3 Å². The minimum absolute atomic E-state index is 0.895. The highest BCUT2D eigenvalue weighted by atomic mass is 14.9. The van der Waals surface area contributed by atoms with Crippen molar-refractivity contribution in [2.75, 3.05) is 6.54 Å². The molecule has 0 bridgehead atoms. The first-order chi connectivity index (χ1) is 12.8. The number of hydrogen-bond donors (Lipinski definition) is 2. The van der Waals surface area contributed by atoms with E-state index in [2.05, 4.69) is 88.9 Å². The molecule has 2 N–H and O–H groups in total. The van der Waals surface area contributed by atoms with Crippen molar-refractivity contribution in [2.45, 2.75) is 19.9 Å². The Bertz CT molecular complexity index is 982. The molecule has 4 aromatic rings. The number of nitrogens with one attached hydrogen (secondary N) is 2. The highest BCUT2D eigenvalue weighted by molar-refractivity contribution is 5.81. The summed E-state index contributed by atoms with van der Waals surface area (Å²) < 4.78 is 0. The standard InChI is InChI=1S/C23H23N3/c1-17-2-4-18(5-3-17)12-13-24-15-19-6-8-20(9-7-19)21-10-11-22-23(14-21)26-16-25-22/h2-11,14,16,24H,12-13,15H2,1H3,(H,25,26). The molecule has 0 saturated carbocycles. The largest absolute Gasteiger partial charge is 0.345 e. The van der Waals surface area contributed by atoms with Crippen LogP contribution in [0.4, 0.5) is 0 Å². The van der Waals surface area contributed by atoms with Gasteiger partial charge in [0.15, 0.2) is 0 Å². The lowest BCUT2D eigenvalue weighted by Crippen LogP contribution is -2.16. The fourth-order valence-electron chi connectivity index (χ4n) is 3.15. The molecule has 0 aliphatic rings. The zero-order valence-electron chi connectivity index (χ0n) is 15.0. The van der Waals surface area contributed by atoms with Gasteiger partial charge in [-0.2, -0.15) is 0 Å². The summed E-state index contributed by atoms with van der Waals surface area (Å²) in [4.78, 5) is 7.44. The van der Waals surface area contributed by atoms with Gasteiger partial charge in [-0.1, -0.05) is 60.2 Å². The second-order valence-corrected chi connectivity index (χ2v) is 6.74. The molecule has 1 heterocycles. The van der Waals surface area contributed by atoms with Crippen LogP contribution in [0.5, 0.6) is 0 Å². The molecule has 0 amide bonds. The summed E-state index contributed by atoms with van der Waals surface area (Å²) in [5.74, 6) is 0. The first kappa shape index (κ1) is 16.6. The molecule has 0 saturated heterocycles. The number of fused-ring (bicyclic) bond motifs is 1. The zero-order chi connectivity index (χ0) is 17.8. The lowest BCUT2D eigenvalue weighted by molar-refractivity contribution is 0.687. The van der Waals surface area contributed by atoms with Crippen LogP contribution in [0.25, 0.3) is 22.2 Å². The maximum absolute atomic E-state index is 4.27. The third-order valence-corrected chi connectivity index (χ3v) is 4.75. The van der Waals surface area contributed by atoms with Gasteiger partial charge in [0, 0.05) is 6.54 Å². The van der Waals surface area contributed by atoms with Crippen LogP contribution in [0.15, 0.2) is 73.1 Å². The number of imidazole rings is 1. The summed E-state index contributed by atoms with van der Waals surface area (Å²) in [5, 5.41) is 3.53. The van der Waals surface area contributed by atoms with Crippen LogP contribution in [0, 0.1) is 6.92 Å². The van der Waals surface area contributed by atoms with E-state index in [4.69, 9.17) is 0 Å². The minimum atomic E-state index is 0.895. The fourth-order valence-corrected chi connectivity index (χ4v) is 3.15. The van der Waals surface area contributed by atoms with Gasteiger partial charge in [-0.25, -0.2) is 4.98 Å². The second kappa shape index (κ2) is 7.54. The predicted molar refractivity (Wildman–Crippen MR) is 108 cm³/mol. The molecule has 0 aliphatic heterocycles. The van der Waals surface area contributed by atoms with E-state index in [0.29, 0.717) is 0 Å². The summed E-state index contributed by atoms with van der Waals surface area (Å²) in [6.07, 6.45) is 2.79.